The summed E-state index contributed by atoms with van der Waals surface area (Å²) in [7, 11) is 4.72. The average molecular weight is 232 g/mol. The molecule has 4 heteroatoms. The van der Waals surface area contributed by atoms with E-state index in [0.717, 1.165) is 32.1 Å². The van der Waals surface area contributed by atoms with Gasteiger partial charge < -0.3 is 14.2 Å². The van der Waals surface area contributed by atoms with E-state index in [1.54, 1.807) is 14.2 Å². The second-order valence-corrected chi connectivity index (χ2v) is 3.96. The highest BCUT2D eigenvalue weighted by Crippen LogP contribution is 2.13. The fourth-order valence-electron chi connectivity index (χ4n) is 1.59. The summed E-state index contributed by atoms with van der Waals surface area (Å²) in [6.07, 6.45) is 4.87. The van der Waals surface area contributed by atoms with Gasteiger partial charge in [-0.3, -0.25) is 4.79 Å². The third-order valence-electron chi connectivity index (χ3n) is 2.71. The Morgan fingerprint density at radius 1 is 1.00 bits per heavy atom. The van der Waals surface area contributed by atoms with E-state index in [1.165, 1.54) is 7.11 Å². The van der Waals surface area contributed by atoms with Crippen LogP contribution in [0.3, 0.4) is 0 Å². The van der Waals surface area contributed by atoms with Gasteiger partial charge in [-0.15, -0.1) is 0 Å². The fourth-order valence-corrected chi connectivity index (χ4v) is 1.59. The summed E-state index contributed by atoms with van der Waals surface area (Å²) in [6, 6.07) is 0. The topological polar surface area (TPSA) is 44.8 Å². The lowest BCUT2D eigenvalue weighted by atomic mass is 10.0. The molecule has 16 heavy (non-hydrogen) atoms. The Kier molecular flexibility index (Phi) is 9.24. The van der Waals surface area contributed by atoms with Crippen LogP contribution in [0, 0.1) is 5.92 Å². The van der Waals surface area contributed by atoms with Crippen molar-refractivity contribution in [1.82, 2.24) is 0 Å². The minimum Gasteiger partial charge on any atom is -0.469 e. The summed E-state index contributed by atoms with van der Waals surface area (Å²) in [4.78, 5) is 11.1. The van der Waals surface area contributed by atoms with Gasteiger partial charge in [-0.1, -0.05) is 19.8 Å². The van der Waals surface area contributed by atoms with Crippen molar-refractivity contribution in [1.29, 1.82) is 0 Å². The summed E-state index contributed by atoms with van der Waals surface area (Å²) in [6.45, 7) is 1.90. The van der Waals surface area contributed by atoms with Gasteiger partial charge in [0, 0.05) is 14.2 Å². The maximum absolute atomic E-state index is 11.1. The second-order valence-electron chi connectivity index (χ2n) is 3.96. The van der Waals surface area contributed by atoms with Crippen LogP contribution in [0.25, 0.3) is 0 Å². The summed E-state index contributed by atoms with van der Waals surface area (Å²) in [5, 5.41) is 0. The molecule has 0 fully saturated rings. The molecule has 0 saturated heterocycles. The Morgan fingerprint density at radius 3 is 2.06 bits per heavy atom. The highest BCUT2D eigenvalue weighted by molar-refractivity contribution is 5.71. The average Bonchev–Trinajstić information content (AvgIpc) is 2.32. The smallest absolute Gasteiger partial charge is 0.308 e. The van der Waals surface area contributed by atoms with E-state index in [1.807, 2.05) is 6.92 Å². The first-order valence-corrected chi connectivity index (χ1v) is 5.79. The predicted molar refractivity (Wildman–Crippen MR) is 62.1 cm³/mol. The first-order valence-electron chi connectivity index (χ1n) is 5.79. The molecule has 1 unspecified atom stereocenters. The molecule has 0 amide bonds. The maximum Gasteiger partial charge on any atom is 0.308 e. The first-order chi connectivity index (χ1) is 7.65. The number of ether oxygens (including phenoxy) is 3. The van der Waals surface area contributed by atoms with Crippen LogP contribution in [-0.2, 0) is 19.0 Å². The van der Waals surface area contributed by atoms with Crippen molar-refractivity contribution in [2.45, 2.75) is 45.3 Å². The van der Waals surface area contributed by atoms with Gasteiger partial charge in [0.05, 0.1) is 13.0 Å². The molecule has 0 rings (SSSR count). The van der Waals surface area contributed by atoms with Gasteiger partial charge in [0.15, 0.2) is 6.29 Å². The zero-order chi connectivity index (χ0) is 12.4. The monoisotopic (exact) mass is 232 g/mol. The molecule has 0 aromatic heterocycles. The van der Waals surface area contributed by atoms with E-state index >= 15 is 0 Å². The predicted octanol–water partition coefficient (Wildman–Crippen LogP) is 2.36. The number of carbonyl (C=O) groups excluding carboxylic acids is 1. The Morgan fingerprint density at radius 2 is 1.56 bits per heavy atom. The fraction of sp³-hybridized carbons (Fsp3) is 0.917. The highest BCUT2D eigenvalue weighted by atomic mass is 16.7. The van der Waals surface area contributed by atoms with Crippen molar-refractivity contribution in [3.63, 3.8) is 0 Å². The summed E-state index contributed by atoms with van der Waals surface area (Å²) in [5.41, 5.74) is 0. The van der Waals surface area contributed by atoms with Crippen molar-refractivity contribution in [3.8, 4) is 0 Å². The lowest BCUT2D eigenvalue weighted by molar-refractivity contribution is -0.145. The van der Waals surface area contributed by atoms with Crippen LogP contribution in [0.2, 0.25) is 0 Å². The molecular weight excluding hydrogens is 208 g/mol. The molecular formula is C12H24O4. The van der Waals surface area contributed by atoms with Crippen LogP contribution in [0.15, 0.2) is 0 Å². The molecule has 0 radical (unpaired) electrons. The lowest BCUT2D eigenvalue weighted by Gasteiger charge is -2.13. The Hall–Kier alpha value is -0.610. The molecule has 1 atom stereocenters. The molecule has 0 aliphatic rings. The largest absolute Gasteiger partial charge is 0.469 e. The van der Waals surface area contributed by atoms with Gasteiger partial charge in [-0.25, -0.2) is 0 Å². The number of rotatable bonds is 9. The minimum atomic E-state index is -0.119. The van der Waals surface area contributed by atoms with Gasteiger partial charge >= 0.3 is 5.97 Å². The van der Waals surface area contributed by atoms with E-state index in [4.69, 9.17) is 9.47 Å². The van der Waals surface area contributed by atoms with Crippen LogP contribution >= 0.6 is 0 Å². The highest BCUT2D eigenvalue weighted by Gasteiger charge is 2.12. The van der Waals surface area contributed by atoms with Gasteiger partial charge in [0.25, 0.3) is 0 Å². The van der Waals surface area contributed by atoms with Crippen LogP contribution in [0.4, 0.5) is 0 Å². The summed E-state index contributed by atoms with van der Waals surface area (Å²) >= 11 is 0. The first kappa shape index (κ1) is 15.4. The van der Waals surface area contributed by atoms with Crippen LogP contribution in [0.1, 0.15) is 39.0 Å². The summed E-state index contributed by atoms with van der Waals surface area (Å²) < 4.78 is 14.8. The number of methoxy groups -OCH3 is 3. The molecule has 0 saturated carbocycles. The van der Waals surface area contributed by atoms with Crippen molar-refractivity contribution in [3.05, 3.63) is 0 Å². The molecule has 0 N–H and O–H groups in total. The molecule has 0 heterocycles. The van der Waals surface area contributed by atoms with Gasteiger partial charge in [-0.05, 0) is 19.3 Å². The third-order valence-corrected chi connectivity index (χ3v) is 2.71. The van der Waals surface area contributed by atoms with Crippen LogP contribution in [0.5, 0.6) is 0 Å². The van der Waals surface area contributed by atoms with Crippen molar-refractivity contribution in [2.75, 3.05) is 21.3 Å². The normalized spacial score (nSPS) is 12.8. The minimum absolute atomic E-state index is 0.00523. The van der Waals surface area contributed by atoms with Crippen LogP contribution < -0.4 is 0 Å². The standard InChI is InChI=1S/C12H24O4/c1-10(12(13)16-4)8-6-5-7-9-11(14-2)15-3/h10-11H,5-9H2,1-4H3. The van der Waals surface area contributed by atoms with E-state index in [2.05, 4.69) is 4.74 Å². The van der Waals surface area contributed by atoms with Gasteiger partial charge in [0.1, 0.15) is 0 Å². The molecule has 0 aromatic rings. The zero-order valence-electron chi connectivity index (χ0n) is 10.8. The molecule has 0 aliphatic heterocycles. The molecule has 0 spiro atoms. The Labute approximate surface area is 98.3 Å². The number of unbranched alkanes of at least 4 members (excludes halogenated alkanes) is 2. The zero-order valence-corrected chi connectivity index (χ0v) is 10.8. The van der Waals surface area contributed by atoms with Crippen LogP contribution in [-0.4, -0.2) is 33.6 Å². The van der Waals surface area contributed by atoms with E-state index in [9.17, 15) is 4.79 Å². The Bertz CT molecular complexity index is 178. The molecule has 4 nitrogen and oxygen atoms in total. The summed E-state index contributed by atoms with van der Waals surface area (Å²) in [5.74, 6) is -0.114. The third kappa shape index (κ3) is 6.80. The number of esters is 1. The number of hydrogen-bond donors (Lipinski definition) is 0. The van der Waals surface area contributed by atoms with Crippen molar-refractivity contribution < 1.29 is 19.0 Å². The molecule has 96 valence electrons. The van der Waals surface area contributed by atoms with Crippen molar-refractivity contribution >= 4 is 5.97 Å². The molecule has 0 aromatic carbocycles. The Balaban J connectivity index is 3.42. The van der Waals surface area contributed by atoms with E-state index < -0.39 is 0 Å². The van der Waals surface area contributed by atoms with Crippen molar-refractivity contribution in [2.24, 2.45) is 5.92 Å². The van der Waals surface area contributed by atoms with Gasteiger partial charge in [0.2, 0.25) is 0 Å². The maximum atomic E-state index is 11.1. The van der Waals surface area contributed by atoms with Gasteiger partial charge in [-0.2, -0.15) is 0 Å². The SMILES string of the molecule is COC(=O)C(C)CCCCCC(OC)OC. The lowest BCUT2D eigenvalue weighted by Crippen LogP contribution is -2.13. The molecule has 0 aliphatic carbocycles. The second kappa shape index (κ2) is 9.60. The quantitative estimate of drug-likeness (QED) is 0.348. The van der Waals surface area contributed by atoms with E-state index in [0.29, 0.717) is 0 Å². The van der Waals surface area contributed by atoms with E-state index in [-0.39, 0.29) is 18.2 Å². The number of carbonyl (C=O) groups is 1. The molecule has 0 bridgehead atoms. The number of hydrogen-bond acceptors (Lipinski definition) is 4.